The van der Waals surface area contributed by atoms with Crippen molar-refractivity contribution in [1.29, 1.82) is 0 Å². The van der Waals surface area contributed by atoms with Gasteiger partial charge in [0.15, 0.2) is 0 Å². The number of rotatable bonds is 4. The molecule has 1 aromatic heterocycles. The monoisotopic (exact) mass is 352 g/mol. The lowest BCUT2D eigenvalue weighted by Gasteiger charge is -2.13. The molecule has 1 heterocycles. The third kappa shape index (κ3) is 3.52. The van der Waals surface area contributed by atoms with Crippen molar-refractivity contribution >= 4 is 28.6 Å². The maximum atomic E-state index is 12.2. The number of aromatic amines is 1. The van der Waals surface area contributed by atoms with Crippen LogP contribution in [0.5, 0.6) is 0 Å². The van der Waals surface area contributed by atoms with Crippen LogP contribution >= 0.6 is 11.6 Å². The van der Waals surface area contributed by atoms with Gasteiger partial charge in [-0.3, -0.25) is 9.78 Å². The van der Waals surface area contributed by atoms with Crippen LogP contribution in [-0.2, 0) is 0 Å². The number of aromatic nitrogens is 2. The van der Waals surface area contributed by atoms with Gasteiger partial charge in [-0.15, -0.1) is 0 Å². The Kier molecular flexibility index (Phi) is 5.05. The Balaban J connectivity index is 2.20. The van der Waals surface area contributed by atoms with Gasteiger partial charge >= 0.3 is 0 Å². The summed E-state index contributed by atoms with van der Waals surface area (Å²) in [5.74, 6) is 0. The fraction of sp³-hybridized carbons (Fsp3) is 0.238. The number of fused-ring (bicyclic) bond motifs is 1. The van der Waals surface area contributed by atoms with E-state index in [0.29, 0.717) is 10.9 Å². The predicted octanol–water partition coefficient (Wildman–Crippen LogP) is 5.67. The van der Waals surface area contributed by atoms with Gasteiger partial charge in [0.2, 0.25) is 5.28 Å². The second-order valence-corrected chi connectivity index (χ2v) is 6.64. The molecule has 0 saturated carbocycles. The summed E-state index contributed by atoms with van der Waals surface area (Å²) in [4.78, 5) is 19.1. The molecule has 0 spiro atoms. The van der Waals surface area contributed by atoms with Crippen LogP contribution in [0.3, 0.4) is 0 Å². The molecule has 4 heteroatoms. The molecule has 2 aromatic carbocycles. The van der Waals surface area contributed by atoms with E-state index < -0.39 is 0 Å². The Hall–Kier alpha value is -2.39. The zero-order chi connectivity index (χ0) is 18.0. The predicted molar refractivity (Wildman–Crippen MR) is 106 cm³/mol. The van der Waals surface area contributed by atoms with Gasteiger partial charge in [0.05, 0.1) is 10.9 Å². The third-order valence-electron chi connectivity index (χ3n) is 4.30. The number of halogens is 1. The number of para-hydroxylation sites is 1. The molecule has 0 radical (unpaired) electrons. The molecule has 0 fully saturated rings. The molecule has 0 amide bonds. The molecule has 0 aliphatic carbocycles. The largest absolute Gasteiger partial charge is 0.297 e. The zero-order valence-electron chi connectivity index (χ0n) is 14.7. The molecule has 0 atom stereocenters. The van der Waals surface area contributed by atoms with E-state index >= 15 is 0 Å². The summed E-state index contributed by atoms with van der Waals surface area (Å²) >= 11 is 5.98. The Morgan fingerprint density at radius 1 is 1.20 bits per heavy atom. The lowest BCUT2D eigenvalue weighted by molar-refractivity contribution is 0.962. The van der Waals surface area contributed by atoms with Crippen LogP contribution < -0.4 is 5.56 Å². The van der Waals surface area contributed by atoms with Crippen molar-refractivity contribution in [2.75, 3.05) is 0 Å². The second kappa shape index (κ2) is 7.24. The molecule has 128 valence electrons. The van der Waals surface area contributed by atoms with E-state index in [2.05, 4.69) is 55.0 Å². The van der Waals surface area contributed by atoms with Crippen molar-refractivity contribution in [3.05, 3.63) is 68.7 Å². The van der Waals surface area contributed by atoms with Gasteiger partial charge in [-0.1, -0.05) is 49.8 Å². The number of benzene rings is 2. The fourth-order valence-corrected chi connectivity index (χ4v) is 3.41. The zero-order valence-corrected chi connectivity index (χ0v) is 15.4. The molecule has 3 nitrogen and oxygen atoms in total. The average molecular weight is 353 g/mol. The van der Waals surface area contributed by atoms with Gasteiger partial charge in [-0.2, -0.15) is 0 Å². The molecular formula is C21H21ClN2O. The number of allylic oxidation sites excluding steroid dienone is 1. The van der Waals surface area contributed by atoms with Crippen molar-refractivity contribution in [2.24, 2.45) is 0 Å². The number of aryl methyl sites for hydroxylation is 2. The fourth-order valence-electron chi connectivity index (χ4n) is 3.24. The number of hydrogen-bond donors (Lipinski definition) is 1. The van der Waals surface area contributed by atoms with E-state index in [1.165, 1.54) is 5.56 Å². The summed E-state index contributed by atoms with van der Waals surface area (Å²) in [6, 6.07) is 9.99. The van der Waals surface area contributed by atoms with Crippen LogP contribution in [-0.4, -0.2) is 9.97 Å². The van der Waals surface area contributed by atoms with Crippen LogP contribution in [0.2, 0.25) is 5.28 Å². The van der Waals surface area contributed by atoms with E-state index in [1.54, 1.807) is 6.07 Å². The highest BCUT2D eigenvalue weighted by atomic mass is 35.5. The molecule has 0 unspecified atom stereocenters. The van der Waals surface area contributed by atoms with Gasteiger partial charge in [0, 0.05) is 5.56 Å². The van der Waals surface area contributed by atoms with Crippen LogP contribution in [0.15, 0.2) is 41.2 Å². The molecule has 3 rings (SSSR count). The highest BCUT2D eigenvalue weighted by Crippen LogP contribution is 2.33. The molecule has 0 aliphatic heterocycles. The van der Waals surface area contributed by atoms with Crippen LogP contribution in [0.1, 0.15) is 36.5 Å². The second-order valence-electron chi connectivity index (χ2n) is 6.28. The first-order valence-electron chi connectivity index (χ1n) is 8.48. The smallest absolute Gasteiger partial charge is 0.259 e. The molecule has 0 bridgehead atoms. The first-order valence-corrected chi connectivity index (χ1v) is 8.85. The lowest BCUT2D eigenvalue weighted by Crippen LogP contribution is -2.08. The number of nitrogens with zero attached hydrogens (tertiary/aromatic N) is 1. The van der Waals surface area contributed by atoms with Gasteiger partial charge in [-0.25, -0.2) is 4.98 Å². The maximum Gasteiger partial charge on any atom is 0.259 e. The number of nitrogens with one attached hydrogen (secondary N) is 1. The molecule has 3 aromatic rings. The SMILES string of the molecule is CCC/C=C/c1cc(C)c(-c2cccc3c(=O)[nH]c(Cl)nc23)c(C)c1. The average Bonchev–Trinajstić information content (AvgIpc) is 2.55. The number of hydrogen-bond acceptors (Lipinski definition) is 2. The quantitative estimate of drug-likeness (QED) is 0.614. The minimum atomic E-state index is -0.216. The van der Waals surface area contributed by atoms with E-state index in [0.717, 1.165) is 35.1 Å². The van der Waals surface area contributed by atoms with Crippen molar-refractivity contribution < 1.29 is 0 Å². The van der Waals surface area contributed by atoms with Crippen molar-refractivity contribution in [3.63, 3.8) is 0 Å². The number of unbranched alkanes of at least 4 members (excludes halogenated alkanes) is 1. The van der Waals surface area contributed by atoms with E-state index in [-0.39, 0.29) is 10.8 Å². The maximum absolute atomic E-state index is 12.2. The highest BCUT2D eigenvalue weighted by Gasteiger charge is 2.13. The Morgan fingerprint density at radius 3 is 2.60 bits per heavy atom. The summed E-state index contributed by atoms with van der Waals surface area (Å²) in [5.41, 5.74) is 5.96. The normalized spacial score (nSPS) is 11.5. The summed E-state index contributed by atoms with van der Waals surface area (Å²) in [5, 5.41) is 0.659. The standard InChI is InChI=1S/C21H21ClN2O/c1-4-5-6-8-15-11-13(2)18(14(3)12-15)16-9-7-10-17-19(16)23-21(22)24-20(17)25/h6-12H,4-5H2,1-3H3,(H,23,24,25)/b8-6+. The molecular weight excluding hydrogens is 332 g/mol. The van der Waals surface area contributed by atoms with Gasteiger partial charge in [0.25, 0.3) is 5.56 Å². The summed E-state index contributed by atoms with van der Waals surface area (Å²) in [6.07, 6.45) is 6.58. The van der Waals surface area contributed by atoms with Crippen LogP contribution in [0, 0.1) is 13.8 Å². The van der Waals surface area contributed by atoms with Crippen LogP contribution in [0.25, 0.3) is 28.1 Å². The van der Waals surface area contributed by atoms with Gasteiger partial charge in [0.1, 0.15) is 0 Å². The molecule has 0 saturated heterocycles. The van der Waals surface area contributed by atoms with E-state index in [1.807, 2.05) is 12.1 Å². The Morgan fingerprint density at radius 2 is 1.92 bits per heavy atom. The first-order chi connectivity index (χ1) is 12.0. The summed E-state index contributed by atoms with van der Waals surface area (Å²) < 4.78 is 0. The van der Waals surface area contributed by atoms with E-state index in [4.69, 9.17) is 11.6 Å². The number of H-pyrrole nitrogens is 1. The molecule has 0 aliphatic rings. The van der Waals surface area contributed by atoms with Gasteiger partial charge in [-0.05, 0) is 60.2 Å². The molecule has 1 N–H and O–H groups in total. The highest BCUT2D eigenvalue weighted by molar-refractivity contribution is 6.28. The molecule has 25 heavy (non-hydrogen) atoms. The first kappa shape index (κ1) is 17.4. The van der Waals surface area contributed by atoms with Crippen LogP contribution in [0.4, 0.5) is 0 Å². The van der Waals surface area contributed by atoms with E-state index in [9.17, 15) is 4.79 Å². The minimum Gasteiger partial charge on any atom is -0.297 e. The summed E-state index contributed by atoms with van der Waals surface area (Å²) in [6.45, 7) is 6.35. The van der Waals surface area contributed by atoms with Crippen molar-refractivity contribution in [3.8, 4) is 11.1 Å². The Labute approximate surface area is 152 Å². The third-order valence-corrected chi connectivity index (χ3v) is 4.48. The van der Waals surface area contributed by atoms with Gasteiger partial charge < -0.3 is 0 Å². The topological polar surface area (TPSA) is 45.8 Å². The van der Waals surface area contributed by atoms with Crippen molar-refractivity contribution in [2.45, 2.75) is 33.6 Å². The Bertz CT molecular complexity index is 995. The lowest BCUT2D eigenvalue weighted by atomic mass is 9.92. The van der Waals surface area contributed by atoms with Crippen molar-refractivity contribution in [1.82, 2.24) is 9.97 Å². The minimum absolute atomic E-state index is 0.111. The summed E-state index contributed by atoms with van der Waals surface area (Å²) in [7, 11) is 0.